The van der Waals surface area contributed by atoms with E-state index in [4.69, 9.17) is 4.74 Å². The zero-order valence-corrected chi connectivity index (χ0v) is 11.5. The van der Waals surface area contributed by atoms with Crippen LogP contribution in [0, 0.1) is 0 Å². The van der Waals surface area contributed by atoms with Crippen LogP contribution in [0.1, 0.15) is 47.5 Å². The topological polar surface area (TPSA) is 81.7 Å². The summed E-state index contributed by atoms with van der Waals surface area (Å²) >= 11 is 0. The summed E-state index contributed by atoms with van der Waals surface area (Å²) in [4.78, 5) is 33.9. The third kappa shape index (κ3) is 7.65. The Morgan fingerprint density at radius 2 is 1.78 bits per heavy atom. The fourth-order valence-corrected chi connectivity index (χ4v) is 0.999. The van der Waals surface area contributed by atoms with Gasteiger partial charge < -0.3 is 14.8 Å². The maximum atomic E-state index is 11.4. The first-order chi connectivity index (χ1) is 8.15. The standard InChI is InChI=1S/C12H21NO5/c1-6-7-9(14)17-10(15)8(2)13-11(16)18-12(3,4)5/h8H,6-7H2,1-5H3,(H,13,16). The second-order valence-electron chi connectivity index (χ2n) is 4.91. The van der Waals surface area contributed by atoms with Gasteiger partial charge in [0, 0.05) is 6.42 Å². The highest BCUT2D eigenvalue weighted by Crippen LogP contribution is 2.07. The number of ether oxygens (including phenoxy) is 2. The van der Waals surface area contributed by atoms with Gasteiger partial charge in [-0.2, -0.15) is 0 Å². The molecule has 104 valence electrons. The van der Waals surface area contributed by atoms with Crippen molar-refractivity contribution in [1.82, 2.24) is 5.32 Å². The zero-order chi connectivity index (χ0) is 14.3. The molecule has 0 aliphatic rings. The highest BCUT2D eigenvalue weighted by Gasteiger charge is 2.23. The fourth-order valence-electron chi connectivity index (χ4n) is 0.999. The van der Waals surface area contributed by atoms with Crippen molar-refractivity contribution in [2.45, 2.75) is 59.1 Å². The summed E-state index contributed by atoms with van der Waals surface area (Å²) in [5.74, 6) is -1.39. The van der Waals surface area contributed by atoms with Gasteiger partial charge in [0.25, 0.3) is 0 Å². The third-order valence-electron chi connectivity index (χ3n) is 1.76. The average molecular weight is 259 g/mol. The molecule has 0 saturated carbocycles. The molecular formula is C12H21NO5. The van der Waals surface area contributed by atoms with Crippen molar-refractivity contribution in [3.63, 3.8) is 0 Å². The van der Waals surface area contributed by atoms with Gasteiger partial charge in [0.15, 0.2) is 0 Å². The van der Waals surface area contributed by atoms with Crippen LogP contribution in [0.2, 0.25) is 0 Å². The Morgan fingerprint density at radius 3 is 2.22 bits per heavy atom. The number of rotatable bonds is 4. The Kier molecular flexibility index (Phi) is 6.36. The second kappa shape index (κ2) is 6.98. The molecule has 1 atom stereocenters. The fraction of sp³-hybridized carbons (Fsp3) is 0.750. The lowest BCUT2D eigenvalue weighted by Crippen LogP contribution is -2.42. The van der Waals surface area contributed by atoms with Crippen LogP contribution in [-0.4, -0.2) is 29.7 Å². The summed E-state index contributed by atoms with van der Waals surface area (Å²) in [6.45, 7) is 8.35. The van der Waals surface area contributed by atoms with Gasteiger partial charge in [-0.3, -0.25) is 4.79 Å². The van der Waals surface area contributed by atoms with Crippen molar-refractivity contribution >= 4 is 18.0 Å². The van der Waals surface area contributed by atoms with E-state index in [1.807, 2.05) is 0 Å². The SMILES string of the molecule is CCCC(=O)OC(=O)C(C)NC(=O)OC(C)(C)C. The van der Waals surface area contributed by atoms with E-state index in [-0.39, 0.29) is 6.42 Å². The molecule has 0 saturated heterocycles. The van der Waals surface area contributed by atoms with Gasteiger partial charge in [-0.05, 0) is 34.1 Å². The number of esters is 2. The zero-order valence-electron chi connectivity index (χ0n) is 11.5. The number of hydrogen-bond donors (Lipinski definition) is 1. The molecule has 6 nitrogen and oxygen atoms in total. The molecule has 0 aromatic rings. The van der Waals surface area contributed by atoms with E-state index in [0.29, 0.717) is 6.42 Å². The van der Waals surface area contributed by atoms with Crippen molar-refractivity contribution in [2.75, 3.05) is 0 Å². The van der Waals surface area contributed by atoms with Crippen LogP contribution in [0.4, 0.5) is 4.79 Å². The van der Waals surface area contributed by atoms with Crippen LogP contribution >= 0.6 is 0 Å². The summed E-state index contributed by atoms with van der Waals surface area (Å²) in [5.41, 5.74) is -0.647. The smallest absolute Gasteiger partial charge is 0.408 e. The van der Waals surface area contributed by atoms with E-state index in [1.54, 1.807) is 27.7 Å². The van der Waals surface area contributed by atoms with Gasteiger partial charge in [0.1, 0.15) is 11.6 Å². The van der Waals surface area contributed by atoms with Crippen molar-refractivity contribution in [2.24, 2.45) is 0 Å². The molecule has 0 bridgehead atoms. The van der Waals surface area contributed by atoms with E-state index in [2.05, 4.69) is 10.1 Å². The van der Waals surface area contributed by atoms with Crippen LogP contribution in [-0.2, 0) is 19.1 Å². The largest absolute Gasteiger partial charge is 0.444 e. The minimum atomic E-state index is -0.930. The van der Waals surface area contributed by atoms with Gasteiger partial charge in [0.05, 0.1) is 0 Å². The van der Waals surface area contributed by atoms with Gasteiger partial charge in [-0.1, -0.05) is 6.92 Å². The Morgan fingerprint density at radius 1 is 1.22 bits per heavy atom. The lowest BCUT2D eigenvalue weighted by Gasteiger charge is -2.21. The normalized spacial score (nSPS) is 12.5. The van der Waals surface area contributed by atoms with Crippen LogP contribution in [0.3, 0.4) is 0 Å². The van der Waals surface area contributed by atoms with Gasteiger partial charge >= 0.3 is 18.0 Å². The van der Waals surface area contributed by atoms with Crippen molar-refractivity contribution in [3.8, 4) is 0 Å². The van der Waals surface area contributed by atoms with E-state index < -0.39 is 29.7 Å². The molecule has 0 aliphatic carbocycles. The number of carbonyl (C=O) groups is 3. The molecule has 1 unspecified atom stereocenters. The molecule has 0 spiro atoms. The first-order valence-corrected chi connectivity index (χ1v) is 5.89. The van der Waals surface area contributed by atoms with Gasteiger partial charge in [-0.25, -0.2) is 9.59 Å². The Bertz CT molecular complexity index is 319. The quantitative estimate of drug-likeness (QED) is 0.614. The first kappa shape index (κ1) is 16.4. The molecule has 0 heterocycles. The Balaban J connectivity index is 4.16. The van der Waals surface area contributed by atoms with E-state index in [1.165, 1.54) is 6.92 Å². The number of carbonyl (C=O) groups excluding carboxylic acids is 3. The second-order valence-corrected chi connectivity index (χ2v) is 4.91. The molecule has 0 fully saturated rings. The number of hydrogen-bond acceptors (Lipinski definition) is 5. The van der Waals surface area contributed by atoms with Crippen molar-refractivity contribution < 1.29 is 23.9 Å². The lowest BCUT2D eigenvalue weighted by molar-refractivity contribution is -0.160. The van der Waals surface area contributed by atoms with E-state index in [0.717, 1.165) is 0 Å². The highest BCUT2D eigenvalue weighted by molar-refractivity contribution is 5.89. The first-order valence-electron chi connectivity index (χ1n) is 5.89. The molecule has 0 aromatic carbocycles. The highest BCUT2D eigenvalue weighted by atomic mass is 16.6. The maximum absolute atomic E-state index is 11.4. The minimum Gasteiger partial charge on any atom is -0.444 e. The summed E-state index contributed by atoms with van der Waals surface area (Å²) in [6, 6.07) is -0.930. The van der Waals surface area contributed by atoms with Crippen LogP contribution in [0.5, 0.6) is 0 Å². The van der Waals surface area contributed by atoms with Gasteiger partial charge in [-0.15, -0.1) is 0 Å². The Hall–Kier alpha value is -1.59. The predicted molar refractivity (Wildman–Crippen MR) is 64.8 cm³/mol. The maximum Gasteiger partial charge on any atom is 0.408 e. The average Bonchev–Trinajstić information content (AvgIpc) is 2.14. The molecule has 18 heavy (non-hydrogen) atoms. The van der Waals surface area contributed by atoms with E-state index >= 15 is 0 Å². The van der Waals surface area contributed by atoms with Gasteiger partial charge in [0.2, 0.25) is 0 Å². The molecule has 0 aliphatic heterocycles. The lowest BCUT2D eigenvalue weighted by atomic mass is 10.2. The van der Waals surface area contributed by atoms with Crippen LogP contribution < -0.4 is 5.32 Å². The van der Waals surface area contributed by atoms with Crippen LogP contribution in [0.15, 0.2) is 0 Å². The van der Waals surface area contributed by atoms with Crippen LogP contribution in [0.25, 0.3) is 0 Å². The Labute approximate surface area is 107 Å². The number of nitrogens with one attached hydrogen (secondary N) is 1. The molecule has 0 radical (unpaired) electrons. The van der Waals surface area contributed by atoms with Crippen molar-refractivity contribution in [1.29, 1.82) is 0 Å². The molecular weight excluding hydrogens is 238 g/mol. The molecule has 0 aromatic heterocycles. The third-order valence-corrected chi connectivity index (χ3v) is 1.76. The summed E-state index contributed by atoms with van der Waals surface area (Å²) in [6.07, 6.45) is 0.0418. The monoisotopic (exact) mass is 259 g/mol. The predicted octanol–water partition coefficient (Wildman–Crippen LogP) is 1.77. The molecule has 1 N–H and O–H groups in total. The number of alkyl carbamates (subject to hydrolysis) is 1. The minimum absolute atomic E-state index is 0.172. The summed E-state index contributed by atoms with van der Waals surface area (Å²) in [7, 11) is 0. The summed E-state index contributed by atoms with van der Waals surface area (Å²) in [5, 5.41) is 2.30. The van der Waals surface area contributed by atoms with Crippen molar-refractivity contribution in [3.05, 3.63) is 0 Å². The summed E-state index contributed by atoms with van der Waals surface area (Å²) < 4.78 is 9.50. The molecule has 6 heteroatoms. The van der Waals surface area contributed by atoms with E-state index in [9.17, 15) is 14.4 Å². The molecule has 1 amide bonds. The molecule has 0 rings (SSSR count). The number of amides is 1.